The fourth-order valence-electron chi connectivity index (χ4n) is 2.75. The molecule has 0 aliphatic carbocycles. The number of carbonyl (C=O) groups is 2. The van der Waals surface area contributed by atoms with Crippen molar-refractivity contribution in [2.75, 3.05) is 26.9 Å². The minimum Gasteiger partial charge on any atom is -0.482 e. The molecule has 9 heteroatoms. The van der Waals surface area contributed by atoms with Crippen molar-refractivity contribution in [2.45, 2.75) is 6.92 Å². The third kappa shape index (κ3) is 5.84. The normalized spacial score (nSPS) is 10.7. The summed E-state index contributed by atoms with van der Waals surface area (Å²) in [5.41, 5.74) is 0.0422. The van der Waals surface area contributed by atoms with Gasteiger partial charge >= 0.3 is 11.6 Å². The molecule has 162 valence electrons. The van der Waals surface area contributed by atoms with Crippen LogP contribution < -0.4 is 20.4 Å². The highest BCUT2D eigenvalue weighted by atomic mass is 35.5. The van der Waals surface area contributed by atoms with Crippen LogP contribution in [0.4, 0.5) is 0 Å². The number of methoxy groups -OCH3 is 1. The van der Waals surface area contributed by atoms with Crippen molar-refractivity contribution >= 4 is 34.4 Å². The van der Waals surface area contributed by atoms with Crippen LogP contribution in [0.25, 0.3) is 11.0 Å². The molecule has 0 aliphatic heterocycles. The monoisotopic (exact) mass is 445 g/mol. The Balaban J connectivity index is 1.67. The number of halogens is 1. The zero-order chi connectivity index (χ0) is 22.4. The molecule has 1 heterocycles. The van der Waals surface area contributed by atoms with Crippen LogP contribution in [-0.4, -0.2) is 38.7 Å². The topological polar surface area (TPSA) is 104 Å². The lowest BCUT2D eigenvalue weighted by Gasteiger charge is -2.09. The maximum absolute atomic E-state index is 12.2. The number of hydrogen-bond donors (Lipinski definition) is 1. The van der Waals surface area contributed by atoms with Gasteiger partial charge in [0, 0.05) is 30.1 Å². The Morgan fingerprint density at radius 2 is 1.94 bits per heavy atom. The number of amides is 1. The van der Waals surface area contributed by atoms with E-state index >= 15 is 0 Å². The second kappa shape index (κ2) is 10.1. The van der Waals surface area contributed by atoms with E-state index in [4.69, 9.17) is 30.2 Å². The highest BCUT2D eigenvalue weighted by Gasteiger charge is 2.15. The third-order valence-corrected chi connectivity index (χ3v) is 4.49. The molecule has 1 aromatic heterocycles. The largest absolute Gasteiger partial charge is 0.482 e. The number of benzene rings is 2. The predicted octanol–water partition coefficient (Wildman–Crippen LogP) is 3.12. The summed E-state index contributed by atoms with van der Waals surface area (Å²) >= 11 is 5.90. The van der Waals surface area contributed by atoms with Crippen molar-refractivity contribution in [1.29, 1.82) is 0 Å². The summed E-state index contributed by atoms with van der Waals surface area (Å²) in [5, 5.41) is 3.64. The predicted molar refractivity (Wildman–Crippen MR) is 114 cm³/mol. The molecule has 0 spiro atoms. The van der Waals surface area contributed by atoms with Gasteiger partial charge in [0.15, 0.2) is 6.61 Å². The highest BCUT2D eigenvalue weighted by molar-refractivity contribution is 6.30. The van der Waals surface area contributed by atoms with E-state index in [0.717, 1.165) is 5.56 Å². The van der Waals surface area contributed by atoms with E-state index in [0.29, 0.717) is 22.8 Å². The Morgan fingerprint density at radius 3 is 2.68 bits per heavy atom. The summed E-state index contributed by atoms with van der Waals surface area (Å²) < 4.78 is 20.8. The van der Waals surface area contributed by atoms with E-state index in [1.165, 1.54) is 25.3 Å². The SMILES string of the molecule is COCCNC(=O)c1cc2ccc(OC(=O)COc3ccc(Cl)cc3C)cc2oc1=O. The zero-order valence-electron chi connectivity index (χ0n) is 16.9. The smallest absolute Gasteiger partial charge is 0.349 e. The summed E-state index contributed by atoms with van der Waals surface area (Å²) in [4.78, 5) is 36.4. The van der Waals surface area contributed by atoms with E-state index < -0.39 is 17.5 Å². The average molecular weight is 446 g/mol. The summed E-state index contributed by atoms with van der Waals surface area (Å²) in [6.07, 6.45) is 0. The van der Waals surface area contributed by atoms with Crippen LogP contribution in [0, 0.1) is 6.92 Å². The fourth-order valence-corrected chi connectivity index (χ4v) is 2.97. The first-order valence-corrected chi connectivity index (χ1v) is 9.70. The van der Waals surface area contributed by atoms with Gasteiger partial charge in [-0.2, -0.15) is 0 Å². The molecule has 0 saturated carbocycles. The molecule has 2 aromatic carbocycles. The van der Waals surface area contributed by atoms with Crippen LogP contribution >= 0.6 is 11.6 Å². The summed E-state index contributed by atoms with van der Waals surface area (Å²) in [6, 6.07) is 11.0. The lowest BCUT2D eigenvalue weighted by Crippen LogP contribution is -2.30. The van der Waals surface area contributed by atoms with Crippen molar-refractivity contribution in [3.63, 3.8) is 0 Å². The van der Waals surface area contributed by atoms with Gasteiger partial charge in [-0.05, 0) is 48.9 Å². The lowest BCUT2D eigenvalue weighted by molar-refractivity contribution is -0.136. The number of aryl methyl sites for hydroxylation is 1. The van der Waals surface area contributed by atoms with Crippen LogP contribution in [0.15, 0.2) is 51.7 Å². The van der Waals surface area contributed by atoms with Crippen molar-refractivity contribution in [3.05, 3.63) is 69.0 Å². The molecule has 0 saturated heterocycles. The Labute approximate surface area is 182 Å². The Hall–Kier alpha value is -3.36. The minimum absolute atomic E-state index is 0.125. The number of ether oxygens (including phenoxy) is 3. The molecule has 0 radical (unpaired) electrons. The molecule has 3 aromatic rings. The van der Waals surface area contributed by atoms with Gasteiger partial charge in [0.2, 0.25) is 0 Å². The molecular weight excluding hydrogens is 426 g/mol. The second-order valence-electron chi connectivity index (χ2n) is 6.57. The molecule has 3 rings (SSSR count). The molecule has 0 aliphatic rings. The van der Waals surface area contributed by atoms with Gasteiger partial charge < -0.3 is 23.9 Å². The molecule has 1 N–H and O–H groups in total. The van der Waals surface area contributed by atoms with Crippen molar-refractivity contribution in [3.8, 4) is 11.5 Å². The van der Waals surface area contributed by atoms with Crippen LogP contribution in [-0.2, 0) is 9.53 Å². The number of carbonyl (C=O) groups excluding carboxylic acids is 2. The van der Waals surface area contributed by atoms with E-state index in [1.54, 1.807) is 24.3 Å². The number of esters is 1. The molecular formula is C22H20ClNO7. The summed E-state index contributed by atoms with van der Waals surface area (Å²) in [7, 11) is 1.51. The average Bonchev–Trinajstić information content (AvgIpc) is 2.72. The van der Waals surface area contributed by atoms with Gasteiger partial charge in [0.1, 0.15) is 22.6 Å². The highest BCUT2D eigenvalue weighted by Crippen LogP contribution is 2.23. The molecule has 8 nitrogen and oxygen atoms in total. The first-order valence-electron chi connectivity index (χ1n) is 9.32. The maximum atomic E-state index is 12.2. The third-order valence-electron chi connectivity index (χ3n) is 4.26. The second-order valence-corrected chi connectivity index (χ2v) is 7.00. The van der Waals surface area contributed by atoms with E-state index in [2.05, 4.69) is 5.32 Å². The van der Waals surface area contributed by atoms with Gasteiger partial charge in [-0.15, -0.1) is 0 Å². The minimum atomic E-state index is -0.799. The molecule has 1 amide bonds. The number of rotatable bonds is 8. The van der Waals surface area contributed by atoms with E-state index in [-0.39, 0.29) is 30.0 Å². The zero-order valence-corrected chi connectivity index (χ0v) is 17.7. The fraction of sp³-hybridized carbons (Fsp3) is 0.227. The van der Waals surface area contributed by atoms with Gasteiger partial charge in [-0.25, -0.2) is 9.59 Å². The Bertz CT molecular complexity index is 1170. The van der Waals surface area contributed by atoms with Crippen molar-refractivity contribution in [1.82, 2.24) is 5.32 Å². The number of fused-ring (bicyclic) bond motifs is 1. The molecule has 0 unspecified atom stereocenters. The lowest BCUT2D eigenvalue weighted by atomic mass is 10.1. The first-order chi connectivity index (χ1) is 14.9. The molecule has 0 atom stereocenters. The van der Waals surface area contributed by atoms with Gasteiger partial charge in [-0.3, -0.25) is 4.79 Å². The molecule has 0 bridgehead atoms. The van der Waals surface area contributed by atoms with Crippen LogP contribution in [0.1, 0.15) is 15.9 Å². The van der Waals surface area contributed by atoms with E-state index in [9.17, 15) is 14.4 Å². The quantitative estimate of drug-likeness (QED) is 0.246. The van der Waals surface area contributed by atoms with Crippen LogP contribution in [0.5, 0.6) is 11.5 Å². The summed E-state index contributed by atoms with van der Waals surface area (Å²) in [5.74, 6) is -0.500. The Morgan fingerprint density at radius 1 is 1.13 bits per heavy atom. The molecule has 0 fully saturated rings. The standard InChI is InChI=1S/C22H20ClNO7/c1-13-9-15(23)4-6-18(13)29-12-20(25)30-16-5-3-14-10-17(21(26)24-7-8-28-2)22(27)31-19(14)11-16/h3-6,9-11H,7-8,12H2,1-2H3,(H,24,26). The van der Waals surface area contributed by atoms with Gasteiger partial charge in [0.25, 0.3) is 5.91 Å². The van der Waals surface area contributed by atoms with Gasteiger partial charge in [-0.1, -0.05) is 11.6 Å². The Kier molecular flexibility index (Phi) is 7.28. The van der Waals surface area contributed by atoms with Crippen molar-refractivity contribution in [2.24, 2.45) is 0 Å². The first kappa shape index (κ1) is 22.3. The van der Waals surface area contributed by atoms with Gasteiger partial charge in [0.05, 0.1) is 6.61 Å². The van der Waals surface area contributed by atoms with Crippen LogP contribution in [0.2, 0.25) is 5.02 Å². The molecule has 31 heavy (non-hydrogen) atoms. The maximum Gasteiger partial charge on any atom is 0.349 e. The van der Waals surface area contributed by atoms with E-state index in [1.807, 2.05) is 6.92 Å². The van der Waals surface area contributed by atoms with Crippen LogP contribution in [0.3, 0.4) is 0 Å². The number of hydrogen-bond acceptors (Lipinski definition) is 7. The number of nitrogens with one attached hydrogen (secondary N) is 1. The van der Waals surface area contributed by atoms with Crippen molar-refractivity contribution < 1.29 is 28.2 Å². The summed E-state index contributed by atoms with van der Waals surface area (Å²) in [6.45, 7) is 2.08.